The molecule has 0 unspecified atom stereocenters. The largest absolute Gasteiger partial charge is 0.438 e. The Hall–Kier alpha value is -1.61. The van der Waals surface area contributed by atoms with Gasteiger partial charge in [-0.25, -0.2) is 17.5 Å². The normalized spacial score (nSPS) is 12.9. The van der Waals surface area contributed by atoms with Gasteiger partial charge < -0.3 is 9.73 Å². The first-order chi connectivity index (χ1) is 11.2. The van der Waals surface area contributed by atoms with Gasteiger partial charge in [0.1, 0.15) is 5.82 Å². The molecule has 0 fully saturated rings. The van der Waals surface area contributed by atoms with Gasteiger partial charge in [0.15, 0.2) is 5.76 Å². The topological polar surface area (TPSA) is 88.4 Å². The molecule has 2 N–H and O–H groups in total. The SMILES string of the molecule is CNS(=O)(=O)c1ccc(C(=O)N[C@H](C)c2cc(F)c(Cl)cc2Cl)o1. The van der Waals surface area contributed by atoms with Crippen molar-refractivity contribution in [2.45, 2.75) is 18.1 Å². The van der Waals surface area contributed by atoms with Crippen LogP contribution in [0.1, 0.15) is 29.1 Å². The van der Waals surface area contributed by atoms with Gasteiger partial charge in [-0.05, 0) is 43.8 Å². The van der Waals surface area contributed by atoms with Crippen LogP contribution < -0.4 is 10.0 Å². The smallest absolute Gasteiger partial charge is 0.287 e. The molecular formula is C14H13Cl2FN2O4S. The lowest BCUT2D eigenvalue weighted by Crippen LogP contribution is -2.26. The van der Waals surface area contributed by atoms with E-state index >= 15 is 0 Å². The number of furan rings is 1. The van der Waals surface area contributed by atoms with E-state index in [0.29, 0.717) is 5.56 Å². The van der Waals surface area contributed by atoms with E-state index in [4.69, 9.17) is 27.6 Å². The monoisotopic (exact) mass is 394 g/mol. The Morgan fingerprint density at radius 2 is 1.92 bits per heavy atom. The average Bonchev–Trinajstić information content (AvgIpc) is 3.01. The molecule has 0 aliphatic heterocycles. The van der Waals surface area contributed by atoms with E-state index in [2.05, 4.69) is 10.0 Å². The zero-order chi connectivity index (χ0) is 18.1. The van der Waals surface area contributed by atoms with Crippen LogP contribution in [-0.2, 0) is 10.0 Å². The Bertz CT molecular complexity index is 883. The Balaban J connectivity index is 2.20. The lowest BCUT2D eigenvalue weighted by molar-refractivity contribution is 0.0906. The van der Waals surface area contributed by atoms with Gasteiger partial charge in [0.2, 0.25) is 5.09 Å². The second-order valence-electron chi connectivity index (χ2n) is 4.81. The predicted molar refractivity (Wildman–Crippen MR) is 87.3 cm³/mol. The number of benzene rings is 1. The first-order valence-electron chi connectivity index (χ1n) is 6.64. The fraction of sp³-hybridized carbons (Fsp3) is 0.214. The highest BCUT2D eigenvalue weighted by Crippen LogP contribution is 2.28. The van der Waals surface area contributed by atoms with E-state index < -0.39 is 32.9 Å². The molecule has 0 aliphatic rings. The molecule has 1 aromatic heterocycles. The maximum atomic E-state index is 13.6. The molecule has 0 spiro atoms. The number of nitrogens with one attached hydrogen (secondary N) is 2. The lowest BCUT2D eigenvalue weighted by Gasteiger charge is -2.15. The second-order valence-corrected chi connectivity index (χ2v) is 7.44. The van der Waals surface area contributed by atoms with Crippen molar-refractivity contribution in [1.29, 1.82) is 0 Å². The van der Waals surface area contributed by atoms with E-state index in [9.17, 15) is 17.6 Å². The number of carbonyl (C=O) groups excluding carboxylic acids is 1. The highest BCUT2D eigenvalue weighted by atomic mass is 35.5. The molecule has 1 aromatic carbocycles. The van der Waals surface area contributed by atoms with Gasteiger partial charge in [-0.15, -0.1) is 0 Å². The van der Waals surface area contributed by atoms with Gasteiger partial charge in [0.05, 0.1) is 11.1 Å². The quantitative estimate of drug-likeness (QED) is 0.762. The molecule has 2 rings (SSSR count). The lowest BCUT2D eigenvalue weighted by atomic mass is 10.1. The van der Waals surface area contributed by atoms with Gasteiger partial charge in [0, 0.05) is 5.02 Å². The Labute approximate surface area is 148 Å². The number of carbonyl (C=O) groups is 1. The number of halogens is 3. The fourth-order valence-corrected chi connectivity index (χ4v) is 3.10. The average molecular weight is 395 g/mol. The third kappa shape index (κ3) is 3.89. The van der Waals surface area contributed by atoms with Crippen LogP contribution in [0.3, 0.4) is 0 Å². The maximum absolute atomic E-state index is 13.6. The predicted octanol–water partition coefficient (Wildman–Crippen LogP) is 3.12. The summed E-state index contributed by atoms with van der Waals surface area (Å²) in [5.74, 6) is -1.55. The fourth-order valence-electron chi connectivity index (χ4n) is 1.90. The first kappa shape index (κ1) is 18.7. The Morgan fingerprint density at radius 3 is 2.54 bits per heavy atom. The van der Waals surface area contributed by atoms with Crippen molar-refractivity contribution in [3.8, 4) is 0 Å². The van der Waals surface area contributed by atoms with Crippen LogP contribution >= 0.6 is 23.2 Å². The summed E-state index contributed by atoms with van der Waals surface area (Å²) < 4.78 is 43.8. The van der Waals surface area contributed by atoms with Crippen LogP contribution in [0.25, 0.3) is 0 Å². The van der Waals surface area contributed by atoms with Crippen molar-refractivity contribution in [1.82, 2.24) is 10.0 Å². The molecule has 1 atom stereocenters. The molecule has 0 saturated heterocycles. The van der Waals surface area contributed by atoms with Crippen LogP contribution in [0, 0.1) is 5.82 Å². The third-order valence-corrected chi connectivity index (χ3v) is 5.10. The second kappa shape index (κ2) is 7.10. The molecule has 2 aromatic rings. The molecule has 0 radical (unpaired) electrons. The van der Waals surface area contributed by atoms with E-state index in [-0.39, 0.29) is 15.8 Å². The molecule has 0 aliphatic carbocycles. The van der Waals surface area contributed by atoms with Crippen LogP contribution in [0.2, 0.25) is 10.0 Å². The van der Waals surface area contributed by atoms with E-state index in [0.717, 1.165) is 12.1 Å². The first-order valence-corrected chi connectivity index (χ1v) is 8.88. The molecule has 0 bridgehead atoms. The molecule has 0 saturated carbocycles. The molecule has 1 heterocycles. The number of hydrogen-bond acceptors (Lipinski definition) is 4. The molecule has 6 nitrogen and oxygen atoms in total. The Morgan fingerprint density at radius 1 is 1.25 bits per heavy atom. The number of hydrogen-bond donors (Lipinski definition) is 2. The zero-order valence-corrected chi connectivity index (χ0v) is 14.9. The van der Waals surface area contributed by atoms with Crippen molar-refractivity contribution >= 4 is 39.1 Å². The minimum absolute atomic E-state index is 0.129. The van der Waals surface area contributed by atoms with Crippen LogP contribution in [-0.4, -0.2) is 21.4 Å². The summed E-state index contributed by atoms with van der Waals surface area (Å²) in [5.41, 5.74) is 0.321. The van der Waals surface area contributed by atoms with Gasteiger partial charge in [-0.1, -0.05) is 23.2 Å². The summed E-state index contributed by atoms with van der Waals surface area (Å²) in [6, 6.07) is 4.07. The highest BCUT2D eigenvalue weighted by molar-refractivity contribution is 7.89. The highest BCUT2D eigenvalue weighted by Gasteiger charge is 2.22. The van der Waals surface area contributed by atoms with Crippen molar-refractivity contribution in [3.05, 3.63) is 51.5 Å². The van der Waals surface area contributed by atoms with Gasteiger partial charge >= 0.3 is 0 Å². The number of rotatable bonds is 5. The standard InChI is InChI=1S/C14H13Cl2FN2O4S/c1-7(8-5-11(17)10(16)6-9(8)15)19-14(20)12-3-4-13(23-12)24(21,22)18-2/h3-7,18H,1-2H3,(H,19,20)/t7-/m1/s1. The minimum atomic E-state index is -3.79. The number of sulfonamides is 1. The van der Waals surface area contributed by atoms with E-state index in [1.165, 1.54) is 19.2 Å². The molecular weight excluding hydrogens is 382 g/mol. The summed E-state index contributed by atoms with van der Waals surface area (Å²) in [7, 11) is -2.57. The van der Waals surface area contributed by atoms with Gasteiger partial charge in [0.25, 0.3) is 15.9 Å². The van der Waals surface area contributed by atoms with E-state index in [1.54, 1.807) is 6.92 Å². The van der Waals surface area contributed by atoms with Gasteiger partial charge in [-0.2, -0.15) is 0 Å². The van der Waals surface area contributed by atoms with E-state index in [1.807, 2.05) is 0 Å². The minimum Gasteiger partial charge on any atom is -0.438 e. The molecule has 130 valence electrons. The van der Waals surface area contributed by atoms with Crippen LogP contribution in [0.15, 0.2) is 33.8 Å². The summed E-state index contributed by atoms with van der Waals surface area (Å²) >= 11 is 11.6. The summed E-state index contributed by atoms with van der Waals surface area (Å²) in [4.78, 5) is 12.1. The van der Waals surface area contributed by atoms with Gasteiger partial charge in [-0.3, -0.25) is 4.79 Å². The zero-order valence-electron chi connectivity index (χ0n) is 12.6. The van der Waals surface area contributed by atoms with Crippen molar-refractivity contribution in [2.75, 3.05) is 7.05 Å². The van der Waals surface area contributed by atoms with Crippen molar-refractivity contribution in [3.63, 3.8) is 0 Å². The third-order valence-electron chi connectivity index (χ3n) is 3.19. The Kier molecular flexibility index (Phi) is 5.54. The van der Waals surface area contributed by atoms with Crippen LogP contribution in [0.5, 0.6) is 0 Å². The molecule has 1 amide bonds. The molecule has 24 heavy (non-hydrogen) atoms. The number of amides is 1. The van der Waals surface area contributed by atoms with Crippen molar-refractivity contribution < 1.29 is 22.0 Å². The summed E-state index contributed by atoms with van der Waals surface area (Å²) in [6.45, 7) is 1.58. The molecule has 10 heteroatoms. The summed E-state index contributed by atoms with van der Waals surface area (Å²) in [5, 5.41) is 2.21. The van der Waals surface area contributed by atoms with Crippen molar-refractivity contribution in [2.24, 2.45) is 0 Å². The van der Waals surface area contributed by atoms with Crippen LogP contribution in [0.4, 0.5) is 4.39 Å². The summed E-state index contributed by atoms with van der Waals surface area (Å²) in [6.07, 6.45) is 0. The maximum Gasteiger partial charge on any atom is 0.287 e.